The maximum Gasteiger partial charge on any atom is 0.0538 e. The van der Waals surface area contributed by atoms with Gasteiger partial charge in [0, 0.05) is 14.1 Å². The molecule has 1 aromatic carbocycles. The van der Waals surface area contributed by atoms with Crippen LogP contribution in [0.3, 0.4) is 0 Å². The van der Waals surface area contributed by atoms with Gasteiger partial charge in [-0.25, -0.2) is 10.9 Å². The van der Waals surface area contributed by atoms with E-state index in [-0.39, 0.29) is 0 Å². The van der Waals surface area contributed by atoms with Crippen LogP contribution in [0.2, 0.25) is 0 Å². The van der Waals surface area contributed by atoms with Crippen molar-refractivity contribution >= 4 is 0 Å². The fraction of sp³-hybridized carbons (Fsp3) is 0.333. The van der Waals surface area contributed by atoms with Gasteiger partial charge in [0.25, 0.3) is 0 Å². The minimum atomic E-state index is 0.855. The molecule has 3 nitrogen and oxygen atoms in total. The first-order chi connectivity index (χ1) is 5.86. The lowest BCUT2D eigenvalue weighted by molar-refractivity contribution is 0.136. The highest BCUT2D eigenvalue weighted by atomic mass is 15.7. The maximum atomic E-state index is 3.02. The van der Waals surface area contributed by atoms with Crippen LogP contribution in [0.5, 0.6) is 0 Å². The van der Waals surface area contributed by atoms with Gasteiger partial charge in [-0.15, -0.1) is 0 Å². The first-order valence-electron chi connectivity index (χ1n) is 4.03. The molecule has 3 heteroatoms. The van der Waals surface area contributed by atoms with Crippen LogP contribution >= 0.6 is 0 Å². The van der Waals surface area contributed by atoms with Gasteiger partial charge in [-0.2, -0.15) is 5.12 Å². The first-order valence-corrected chi connectivity index (χ1v) is 4.03. The highest BCUT2D eigenvalue weighted by Gasteiger charge is 1.97. The minimum Gasteiger partial charge on any atom is -0.244 e. The molecule has 0 heterocycles. The molecule has 0 radical (unpaired) electrons. The van der Waals surface area contributed by atoms with Crippen LogP contribution in [0.1, 0.15) is 5.56 Å². The Morgan fingerprint density at radius 3 is 2.17 bits per heavy atom. The van der Waals surface area contributed by atoms with E-state index in [9.17, 15) is 0 Å². The number of hydrogen-bond donors (Lipinski definition) is 2. The summed E-state index contributed by atoms with van der Waals surface area (Å²) in [6.45, 7) is 0.855. The van der Waals surface area contributed by atoms with E-state index in [1.165, 1.54) is 5.56 Å². The van der Waals surface area contributed by atoms with Crippen LogP contribution in [0.15, 0.2) is 30.3 Å². The molecule has 12 heavy (non-hydrogen) atoms. The van der Waals surface area contributed by atoms with Crippen LogP contribution in [-0.4, -0.2) is 19.2 Å². The molecule has 0 bridgehead atoms. The summed E-state index contributed by atoms with van der Waals surface area (Å²) in [6, 6.07) is 10.3. The maximum absolute atomic E-state index is 3.02. The molecule has 1 rings (SSSR count). The fourth-order valence-corrected chi connectivity index (χ4v) is 1.04. The Bertz CT molecular complexity index is 206. The summed E-state index contributed by atoms with van der Waals surface area (Å²) in [6.07, 6.45) is 0. The Balaban J connectivity index is 2.51. The number of hydrazine groups is 2. The summed E-state index contributed by atoms with van der Waals surface area (Å²) in [7, 11) is 3.78. The van der Waals surface area contributed by atoms with Crippen molar-refractivity contribution in [2.75, 3.05) is 14.1 Å². The van der Waals surface area contributed by atoms with Crippen molar-refractivity contribution in [3.63, 3.8) is 0 Å². The van der Waals surface area contributed by atoms with E-state index in [0.29, 0.717) is 0 Å². The standard InChI is InChI=1S/C9H15N3/c1-10-12(11-2)8-9-6-4-3-5-7-9/h3-7,10-11H,8H2,1-2H3. The van der Waals surface area contributed by atoms with E-state index in [1.807, 2.05) is 37.4 Å². The van der Waals surface area contributed by atoms with Crippen molar-refractivity contribution in [2.45, 2.75) is 6.54 Å². The average molecular weight is 165 g/mol. The van der Waals surface area contributed by atoms with Crippen molar-refractivity contribution in [3.05, 3.63) is 35.9 Å². The number of benzene rings is 1. The Kier molecular flexibility index (Phi) is 3.73. The van der Waals surface area contributed by atoms with Crippen molar-refractivity contribution in [3.8, 4) is 0 Å². The van der Waals surface area contributed by atoms with Crippen molar-refractivity contribution in [2.24, 2.45) is 0 Å². The predicted molar refractivity (Wildman–Crippen MR) is 50.1 cm³/mol. The zero-order chi connectivity index (χ0) is 8.81. The quantitative estimate of drug-likeness (QED) is 0.645. The van der Waals surface area contributed by atoms with Gasteiger partial charge in [-0.05, 0) is 5.56 Å². The van der Waals surface area contributed by atoms with Crippen LogP contribution in [0, 0.1) is 0 Å². The smallest absolute Gasteiger partial charge is 0.0538 e. The zero-order valence-corrected chi connectivity index (χ0v) is 7.54. The molecule has 1 aromatic rings. The largest absolute Gasteiger partial charge is 0.244 e. The Morgan fingerprint density at radius 1 is 1.08 bits per heavy atom. The summed E-state index contributed by atoms with van der Waals surface area (Å²) in [5, 5.41) is 1.91. The average Bonchev–Trinajstić information content (AvgIpc) is 2.16. The van der Waals surface area contributed by atoms with Gasteiger partial charge in [-0.3, -0.25) is 0 Å². The SMILES string of the molecule is CNN(Cc1ccccc1)NC. The van der Waals surface area contributed by atoms with Gasteiger partial charge in [0.1, 0.15) is 0 Å². The molecule has 0 spiro atoms. The van der Waals surface area contributed by atoms with Gasteiger partial charge in [0.15, 0.2) is 0 Å². The second-order valence-electron chi connectivity index (χ2n) is 2.52. The molecule has 0 unspecified atom stereocenters. The Morgan fingerprint density at radius 2 is 1.67 bits per heavy atom. The summed E-state index contributed by atoms with van der Waals surface area (Å²) in [5.41, 5.74) is 7.32. The van der Waals surface area contributed by atoms with Gasteiger partial charge in [0.05, 0.1) is 6.54 Å². The summed E-state index contributed by atoms with van der Waals surface area (Å²) >= 11 is 0. The second-order valence-corrected chi connectivity index (χ2v) is 2.52. The summed E-state index contributed by atoms with van der Waals surface area (Å²) in [4.78, 5) is 0. The van der Waals surface area contributed by atoms with Crippen LogP contribution in [0.25, 0.3) is 0 Å². The van der Waals surface area contributed by atoms with Gasteiger partial charge < -0.3 is 0 Å². The van der Waals surface area contributed by atoms with Crippen molar-refractivity contribution in [1.82, 2.24) is 16.0 Å². The summed E-state index contributed by atoms with van der Waals surface area (Å²) in [5.74, 6) is 0. The molecule has 0 saturated carbocycles. The third-order valence-corrected chi connectivity index (χ3v) is 1.72. The van der Waals surface area contributed by atoms with E-state index in [2.05, 4.69) is 23.0 Å². The number of nitrogens with zero attached hydrogens (tertiary/aromatic N) is 1. The van der Waals surface area contributed by atoms with E-state index in [0.717, 1.165) is 6.54 Å². The molecule has 0 aliphatic carbocycles. The lowest BCUT2D eigenvalue weighted by Gasteiger charge is -2.19. The topological polar surface area (TPSA) is 27.3 Å². The number of hydrogen-bond acceptors (Lipinski definition) is 3. The van der Waals surface area contributed by atoms with Crippen LogP contribution in [-0.2, 0) is 6.54 Å². The molecule has 0 aliphatic rings. The molecule has 0 saturated heterocycles. The molecule has 0 aromatic heterocycles. The van der Waals surface area contributed by atoms with E-state index in [4.69, 9.17) is 0 Å². The lowest BCUT2D eigenvalue weighted by atomic mass is 10.2. The molecule has 66 valence electrons. The van der Waals surface area contributed by atoms with Crippen LogP contribution < -0.4 is 10.9 Å². The number of nitrogens with one attached hydrogen (secondary N) is 2. The highest BCUT2D eigenvalue weighted by molar-refractivity contribution is 5.13. The lowest BCUT2D eigenvalue weighted by Crippen LogP contribution is -2.43. The van der Waals surface area contributed by atoms with Crippen molar-refractivity contribution < 1.29 is 0 Å². The second kappa shape index (κ2) is 4.87. The van der Waals surface area contributed by atoms with E-state index < -0.39 is 0 Å². The fourth-order valence-electron chi connectivity index (χ4n) is 1.04. The van der Waals surface area contributed by atoms with Crippen LogP contribution in [0.4, 0.5) is 0 Å². The molecule has 0 fully saturated rings. The molecular formula is C9H15N3. The third kappa shape index (κ3) is 2.62. The molecule has 0 atom stereocenters. The molecule has 0 aliphatic heterocycles. The predicted octanol–water partition coefficient (Wildman–Crippen LogP) is 0.757. The third-order valence-electron chi connectivity index (χ3n) is 1.72. The first kappa shape index (κ1) is 9.19. The molecule has 2 N–H and O–H groups in total. The normalized spacial score (nSPS) is 10.6. The van der Waals surface area contributed by atoms with E-state index in [1.54, 1.807) is 0 Å². The molecule has 0 amide bonds. The summed E-state index contributed by atoms with van der Waals surface area (Å²) < 4.78 is 0. The van der Waals surface area contributed by atoms with Gasteiger partial charge in [-0.1, -0.05) is 30.3 Å². The van der Waals surface area contributed by atoms with Crippen molar-refractivity contribution in [1.29, 1.82) is 0 Å². The number of rotatable bonds is 4. The highest BCUT2D eigenvalue weighted by Crippen LogP contribution is 1.99. The zero-order valence-electron chi connectivity index (χ0n) is 7.54. The van der Waals surface area contributed by atoms with Gasteiger partial charge in [0.2, 0.25) is 0 Å². The Labute approximate surface area is 73.3 Å². The van der Waals surface area contributed by atoms with E-state index >= 15 is 0 Å². The molecular weight excluding hydrogens is 150 g/mol. The Hall–Kier alpha value is -0.900. The monoisotopic (exact) mass is 165 g/mol. The minimum absolute atomic E-state index is 0.855. The van der Waals surface area contributed by atoms with Gasteiger partial charge >= 0.3 is 0 Å².